The molecule has 2 atom stereocenters. The molecular formula is C36H39N5O5. The highest BCUT2D eigenvalue weighted by atomic mass is 16.5. The molecule has 2 unspecified atom stereocenters. The number of hydrogen-bond donors (Lipinski definition) is 2. The summed E-state index contributed by atoms with van der Waals surface area (Å²) in [6.07, 6.45) is 6.29. The minimum Gasteiger partial charge on any atom is -0.508 e. The standard InChI is InChI=1S/C36H39N5O5/c42-27-17-23-5-1-2-6-28(23)30(19-27)24-7-10-29-31(18-24)37-35(46-22-36-13-3-15-40(36)16-4-14-36)38-34(29)39-20-25-8-9-26(21-39)41(25)32(43)11-12-33(44)45/h1-2,5-7,10,17-19,25-26,42H,3-4,8-9,11-16,20-22H2,(H,44,45). The van der Waals surface area contributed by atoms with Crippen LogP contribution in [0.25, 0.3) is 32.8 Å². The van der Waals surface area contributed by atoms with E-state index in [9.17, 15) is 14.7 Å². The third-order valence-corrected chi connectivity index (χ3v) is 10.7. The van der Waals surface area contributed by atoms with Gasteiger partial charge in [-0.15, -0.1) is 0 Å². The number of carboxylic acid groups (broad SMARTS) is 1. The highest BCUT2D eigenvalue weighted by Crippen LogP contribution is 2.41. The van der Waals surface area contributed by atoms with Crippen molar-refractivity contribution < 1.29 is 24.5 Å². The normalized spacial score (nSPS) is 22.1. The third-order valence-electron chi connectivity index (χ3n) is 10.7. The van der Waals surface area contributed by atoms with Gasteiger partial charge >= 0.3 is 12.0 Å². The average Bonchev–Trinajstić information content (AvgIpc) is 3.72. The molecule has 5 heterocycles. The fourth-order valence-corrected chi connectivity index (χ4v) is 8.58. The first-order valence-electron chi connectivity index (χ1n) is 16.6. The SMILES string of the molecule is O=C(O)CCC(=O)N1C2CCC1CN(c1nc(OCC34CCCN3CCC4)nc3cc(-c4cc(O)cc5ccccc45)ccc13)C2. The second-order valence-corrected chi connectivity index (χ2v) is 13.5. The molecule has 0 saturated carbocycles. The van der Waals surface area contributed by atoms with Crippen LogP contribution >= 0.6 is 0 Å². The fourth-order valence-electron chi connectivity index (χ4n) is 8.58. The Kier molecular flexibility index (Phi) is 7.20. The Morgan fingerprint density at radius 3 is 2.43 bits per heavy atom. The lowest BCUT2D eigenvalue weighted by atomic mass is 9.95. The van der Waals surface area contributed by atoms with Gasteiger partial charge in [-0.05, 0) is 97.8 Å². The molecule has 10 heteroatoms. The van der Waals surface area contributed by atoms with Gasteiger partial charge in [0.25, 0.3) is 0 Å². The summed E-state index contributed by atoms with van der Waals surface area (Å²) in [5.74, 6) is -0.0141. The summed E-state index contributed by atoms with van der Waals surface area (Å²) in [7, 11) is 0. The molecular weight excluding hydrogens is 582 g/mol. The quantitative estimate of drug-likeness (QED) is 0.273. The lowest BCUT2D eigenvalue weighted by Crippen LogP contribution is -2.56. The molecule has 2 N–H and O–H groups in total. The van der Waals surface area contributed by atoms with Crippen LogP contribution in [0.15, 0.2) is 54.6 Å². The molecule has 10 nitrogen and oxygen atoms in total. The van der Waals surface area contributed by atoms with Gasteiger partial charge in [-0.2, -0.15) is 9.97 Å². The minimum atomic E-state index is -0.949. The van der Waals surface area contributed by atoms with Crippen molar-refractivity contribution in [2.75, 3.05) is 37.7 Å². The molecule has 4 aliphatic rings. The van der Waals surface area contributed by atoms with Crippen molar-refractivity contribution in [1.29, 1.82) is 0 Å². The average molecular weight is 622 g/mol. The maximum absolute atomic E-state index is 13.0. The Hall–Kier alpha value is -4.44. The molecule has 0 radical (unpaired) electrons. The van der Waals surface area contributed by atoms with Gasteiger partial charge < -0.3 is 24.7 Å². The van der Waals surface area contributed by atoms with E-state index in [-0.39, 0.29) is 42.1 Å². The lowest BCUT2D eigenvalue weighted by Gasteiger charge is -2.42. The van der Waals surface area contributed by atoms with E-state index in [1.807, 2.05) is 23.1 Å². The third kappa shape index (κ3) is 5.08. The van der Waals surface area contributed by atoms with Crippen LogP contribution < -0.4 is 9.64 Å². The highest BCUT2D eigenvalue weighted by Gasteiger charge is 2.45. The van der Waals surface area contributed by atoms with E-state index in [1.54, 1.807) is 12.1 Å². The number of aromatic hydroxyl groups is 1. The fraction of sp³-hybridized carbons (Fsp3) is 0.444. The number of phenols is 1. The van der Waals surface area contributed by atoms with Crippen molar-refractivity contribution in [3.05, 3.63) is 54.6 Å². The van der Waals surface area contributed by atoms with Gasteiger partial charge in [0.15, 0.2) is 0 Å². The zero-order valence-electron chi connectivity index (χ0n) is 25.9. The first-order chi connectivity index (χ1) is 22.4. The molecule has 4 aliphatic heterocycles. The van der Waals surface area contributed by atoms with Crippen LogP contribution in [0.5, 0.6) is 11.8 Å². The van der Waals surface area contributed by atoms with Gasteiger partial charge in [0.05, 0.1) is 17.5 Å². The molecule has 4 saturated heterocycles. The van der Waals surface area contributed by atoms with Gasteiger partial charge in [-0.1, -0.05) is 30.3 Å². The maximum Gasteiger partial charge on any atom is 0.319 e. The van der Waals surface area contributed by atoms with Gasteiger partial charge in [-0.3, -0.25) is 14.5 Å². The predicted molar refractivity (Wildman–Crippen MR) is 175 cm³/mol. The number of carbonyl (C=O) groups is 2. The molecule has 0 aliphatic carbocycles. The summed E-state index contributed by atoms with van der Waals surface area (Å²) in [6, 6.07) is 18.2. The number of anilines is 1. The number of ether oxygens (including phenoxy) is 1. The van der Waals surface area contributed by atoms with Crippen molar-refractivity contribution >= 4 is 39.4 Å². The number of rotatable bonds is 8. The predicted octanol–water partition coefficient (Wildman–Crippen LogP) is 5.21. The van der Waals surface area contributed by atoms with Crippen molar-refractivity contribution in [2.45, 2.75) is 69.0 Å². The van der Waals surface area contributed by atoms with Gasteiger partial charge in [0, 0.05) is 37.0 Å². The summed E-state index contributed by atoms with van der Waals surface area (Å²) in [4.78, 5) is 40.9. The summed E-state index contributed by atoms with van der Waals surface area (Å²) in [5.41, 5.74) is 2.70. The van der Waals surface area contributed by atoms with E-state index >= 15 is 0 Å². The number of aromatic nitrogens is 2. The molecule has 0 spiro atoms. The van der Waals surface area contributed by atoms with E-state index in [0.717, 1.165) is 77.4 Å². The highest BCUT2D eigenvalue weighted by molar-refractivity contribution is 6.01. The molecule has 1 aromatic heterocycles. The molecule has 8 rings (SSSR count). The number of carboxylic acids is 1. The van der Waals surface area contributed by atoms with Crippen LogP contribution in [0.4, 0.5) is 5.82 Å². The Morgan fingerprint density at radius 1 is 0.913 bits per heavy atom. The number of fused-ring (bicyclic) bond motifs is 5. The molecule has 2 bridgehead atoms. The number of hydrogen-bond acceptors (Lipinski definition) is 8. The van der Waals surface area contributed by atoms with Crippen LogP contribution in [0.2, 0.25) is 0 Å². The second-order valence-electron chi connectivity index (χ2n) is 13.5. The van der Waals surface area contributed by atoms with Crippen molar-refractivity contribution in [1.82, 2.24) is 19.8 Å². The Bertz CT molecular complexity index is 1820. The van der Waals surface area contributed by atoms with Gasteiger partial charge in [-0.25, -0.2) is 0 Å². The molecule has 46 heavy (non-hydrogen) atoms. The van der Waals surface area contributed by atoms with E-state index in [0.29, 0.717) is 25.7 Å². The van der Waals surface area contributed by atoms with E-state index in [2.05, 4.69) is 34.1 Å². The molecule has 4 aromatic rings. The van der Waals surface area contributed by atoms with Gasteiger partial charge in [0.2, 0.25) is 5.91 Å². The topological polar surface area (TPSA) is 119 Å². The second kappa shape index (κ2) is 11.4. The summed E-state index contributed by atoms with van der Waals surface area (Å²) < 4.78 is 6.50. The zero-order valence-corrected chi connectivity index (χ0v) is 25.9. The van der Waals surface area contributed by atoms with Crippen LogP contribution in [0, 0.1) is 0 Å². The van der Waals surface area contributed by atoms with Gasteiger partial charge in [0.1, 0.15) is 18.2 Å². The van der Waals surface area contributed by atoms with Crippen molar-refractivity contribution in [3.63, 3.8) is 0 Å². The van der Waals surface area contributed by atoms with E-state index < -0.39 is 5.97 Å². The molecule has 4 fully saturated rings. The largest absolute Gasteiger partial charge is 0.508 e. The van der Waals surface area contributed by atoms with Crippen molar-refractivity contribution in [2.24, 2.45) is 0 Å². The Labute approximate surface area is 267 Å². The number of benzene rings is 3. The zero-order chi connectivity index (χ0) is 31.4. The maximum atomic E-state index is 13.0. The molecule has 3 aromatic carbocycles. The summed E-state index contributed by atoms with van der Waals surface area (Å²) in [5, 5.41) is 22.6. The first kappa shape index (κ1) is 29.0. The number of piperazine rings is 1. The summed E-state index contributed by atoms with van der Waals surface area (Å²) in [6.45, 7) is 4.04. The van der Waals surface area contributed by atoms with E-state index in [1.165, 1.54) is 12.8 Å². The molecule has 238 valence electrons. The van der Waals surface area contributed by atoms with Crippen molar-refractivity contribution in [3.8, 4) is 22.9 Å². The Morgan fingerprint density at radius 2 is 1.67 bits per heavy atom. The number of amides is 1. The number of phenolic OH excluding ortho intramolecular Hbond substituents is 1. The molecule has 1 amide bonds. The van der Waals surface area contributed by atoms with Crippen LogP contribution in [-0.4, -0.2) is 92.3 Å². The monoisotopic (exact) mass is 621 g/mol. The van der Waals surface area contributed by atoms with Crippen LogP contribution in [0.3, 0.4) is 0 Å². The number of aliphatic carboxylic acids is 1. The van der Waals surface area contributed by atoms with Crippen LogP contribution in [0.1, 0.15) is 51.4 Å². The number of nitrogens with zero attached hydrogens (tertiary/aromatic N) is 5. The number of carbonyl (C=O) groups excluding carboxylic acids is 1. The summed E-state index contributed by atoms with van der Waals surface area (Å²) >= 11 is 0. The minimum absolute atomic E-state index is 0.0109. The Balaban J connectivity index is 1.16. The van der Waals surface area contributed by atoms with E-state index in [4.69, 9.17) is 19.8 Å². The van der Waals surface area contributed by atoms with Crippen LogP contribution in [-0.2, 0) is 9.59 Å². The lowest BCUT2D eigenvalue weighted by molar-refractivity contribution is -0.142. The smallest absolute Gasteiger partial charge is 0.319 e. The first-order valence-corrected chi connectivity index (χ1v) is 16.6.